The second-order valence-corrected chi connectivity index (χ2v) is 5.32. The highest BCUT2D eigenvalue weighted by atomic mass is 35.5. The lowest BCUT2D eigenvalue weighted by Crippen LogP contribution is -2.27. The van der Waals surface area contributed by atoms with Crippen LogP contribution in [0.5, 0.6) is 5.75 Å². The molecular formula is C13H13Cl2FN2O2. The van der Waals surface area contributed by atoms with Gasteiger partial charge in [0, 0.05) is 17.6 Å². The van der Waals surface area contributed by atoms with E-state index in [0.717, 1.165) is 6.07 Å². The summed E-state index contributed by atoms with van der Waals surface area (Å²) in [5.41, 5.74) is -1.04. The zero-order chi connectivity index (χ0) is 15.1. The number of hydrogen-bond donors (Lipinski definition) is 1. The summed E-state index contributed by atoms with van der Waals surface area (Å²) in [5, 5.41) is 14.9. The maximum Gasteiger partial charge on any atom is 0.163 e. The van der Waals surface area contributed by atoms with Gasteiger partial charge in [-0.25, -0.2) is 4.39 Å². The van der Waals surface area contributed by atoms with Crippen molar-refractivity contribution in [2.24, 2.45) is 7.05 Å². The number of aromatic nitrogens is 2. The van der Waals surface area contributed by atoms with Crippen LogP contribution in [0.3, 0.4) is 0 Å². The molecule has 1 aromatic heterocycles. The molecule has 0 saturated heterocycles. The summed E-state index contributed by atoms with van der Waals surface area (Å²) in [6.45, 7) is 1.49. The van der Waals surface area contributed by atoms with Crippen molar-refractivity contribution in [2.45, 2.75) is 12.5 Å². The Hall–Kier alpha value is -1.30. The molecule has 0 bridgehead atoms. The van der Waals surface area contributed by atoms with Crippen LogP contribution in [-0.2, 0) is 12.6 Å². The molecule has 0 radical (unpaired) electrons. The number of aliphatic hydroxyl groups is 1. The van der Waals surface area contributed by atoms with Crippen LogP contribution in [0, 0.1) is 5.82 Å². The highest BCUT2D eigenvalue weighted by molar-refractivity contribution is 6.35. The Labute approximate surface area is 125 Å². The predicted octanol–water partition coefficient (Wildman–Crippen LogP) is 3.13. The maximum atomic E-state index is 13.7. The molecule has 0 saturated carbocycles. The van der Waals surface area contributed by atoms with Gasteiger partial charge in [0.2, 0.25) is 0 Å². The van der Waals surface area contributed by atoms with Crippen LogP contribution in [0.1, 0.15) is 18.2 Å². The number of benzene rings is 1. The summed E-state index contributed by atoms with van der Waals surface area (Å²) in [4.78, 5) is 0. The normalized spacial score (nSPS) is 14.2. The molecule has 4 nitrogen and oxygen atoms in total. The molecule has 1 atom stereocenters. The fourth-order valence-corrected chi connectivity index (χ4v) is 2.71. The van der Waals surface area contributed by atoms with Gasteiger partial charge in [-0.2, -0.15) is 5.10 Å². The van der Waals surface area contributed by atoms with Gasteiger partial charge in [0.1, 0.15) is 17.1 Å². The summed E-state index contributed by atoms with van der Waals surface area (Å²) >= 11 is 11.7. The standard InChI is InChI=1S/C13H13Cl2FN2O2/c1-13(19,12-11(20-3)6-17-18(12)2)7-4-10(16)9(15)5-8(7)14/h4-6,19H,1-3H3. The number of methoxy groups -OCH3 is 1. The van der Waals surface area contributed by atoms with E-state index in [-0.39, 0.29) is 15.6 Å². The molecule has 1 unspecified atom stereocenters. The Bertz CT molecular complexity index is 656. The van der Waals surface area contributed by atoms with Gasteiger partial charge in [-0.3, -0.25) is 4.68 Å². The number of ether oxygens (including phenoxy) is 1. The molecule has 0 spiro atoms. The zero-order valence-corrected chi connectivity index (χ0v) is 12.6. The van der Waals surface area contributed by atoms with E-state index in [9.17, 15) is 9.50 Å². The van der Waals surface area contributed by atoms with Crippen molar-refractivity contribution in [3.8, 4) is 5.75 Å². The van der Waals surface area contributed by atoms with Gasteiger partial charge < -0.3 is 9.84 Å². The first-order chi connectivity index (χ1) is 9.28. The number of halogens is 3. The highest BCUT2D eigenvalue weighted by Gasteiger charge is 2.35. The van der Waals surface area contributed by atoms with Gasteiger partial charge >= 0.3 is 0 Å². The lowest BCUT2D eigenvalue weighted by Gasteiger charge is -2.26. The second-order valence-electron chi connectivity index (χ2n) is 4.50. The van der Waals surface area contributed by atoms with E-state index in [2.05, 4.69) is 5.10 Å². The minimum atomic E-state index is -1.58. The fourth-order valence-electron chi connectivity index (χ4n) is 2.14. The smallest absolute Gasteiger partial charge is 0.163 e. The first-order valence-corrected chi connectivity index (χ1v) is 6.48. The van der Waals surface area contributed by atoms with E-state index in [1.807, 2.05) is 0 Å². The van der Waals surface area contributed by atoms with Gasteiger partial charge in [-0.15, -0.1) is 0 Å². The quantitative estimate of drug-likeness (QED) is 0.884. The van der Waals surface area contributed by atoms with E-state index in [1.54, 1.807) is 7.05 Å². The molecule has 1 N–H and O–H groups in total. The van der Waals surface area contributed by atoms with E-state index in [0.29, 0.717) is 11.4 Å². The first kappa shape index (κ1) is 15.1. The topological polar surface area (TPSA) is 47.3 Å². The van der Waals surface area contributed by atoms with Crippen molar-refractivity contribution in [1.29, 1.82) is 0 Å². The fraction of sp³-hybridized carbons (Fsp3) is 0.308. The van der Waals surface area contributed by atoms with Gasteiger partial charge in [0.15, 0.2) is 5.75 Å². The van der Waals surface area contributed by atoms with Gasteiger partial charge in [-0.05, 0) is 19.1 Å². The summed E-state index contributed by atoms with van der Waals surface area (Å²) in [6, 6.07) is 2.36. The Morgan fingerprint density at radius 2 is 2.00 bits per heavy atom. The van der Waals surface area contributed by atoms with Crippen LogP contribution in [0.15, 0.2) is 18.3 Å². The van der Waals surface area contributed by atoms with Crippen LogP contribution in [0.4, 0.5) is 4.39 Å². The molecule has 108 valence electrons. The SMILES string of the molecule is COc1cnn(C)c1C(C)(O)c1cc(F)c(Cl)cc1Cl. The Morgan fingerprint density at radius 3 is 2.60 bits per heavy atom. The Balaban J connectivity index is 2.66. The molecule has 7 heteroatoms. The third kappa shape index (κ3) is 2.37. The monoisotopic (exact) mass is 318 g/mol. The maximum absolute atomic E-state index is 13.7. The van der Waals surface area contributed by atoms with Crippen LogP contribution >= 0.6 is 23.2 Å². The molecular weight excluding hydrogens is 306 g/mol. The summed E-state index contributed by atoms with van der Waals surface area (Å²) in [6.07, 6.45) is 1.46. The molecule has 0 aliphatic heterocycles. The van der Waals surface area contributed by atoms with Crippen molar-refractivity contribution in [1.82, 2.24) is 9.78 Å². The first-order valence-electron chi connectivity index (χ1n) is 5.73. The lowest BCUT2D eigenvalue weighted by molar-refractivity contribution is 0.0894. The van der Waals surface area contributed by atoms with E-state index in [1.165, 1.54) is 31.0 Å². The molecule has 1 aromatic carbocycles. The van der Waals surface area contributed by atoms with Gasteiger partial charge in [-0.1, -0.05) is 23.2 Å². The van der Waals surface area contributed by atoms with Gasteiger partial charge in [0.05, 0.1) is 18.3 Å². The van der Waals surface area contributed by atoms with Crippen LogP contribution < -0.4 is 4.74 Å². The minimum absolute atomic E-state index is 0.105. The van der Waals surface area contributed by atoms with E-state index in [4.69, 9.17) is 27.9 Å². The van der Waals surface area contributed by atoms with E-state index >= 15 is 0 Å². The predicted molar refractivity (Wildman–Crippen MR) is 74.9 cm³/mol. The highest BCUT2D eigenvalue weighted by Crippen LogP contribution is 2.39. The molecule has 2 rings (SSSR count). The van der Waals surface area contributed by atoms with Crippen LogP contribution in [0.2, 0.25) is 10.0 Å². The van der Waals surface area contributed by atoms with Crippen molar-refractivity contribution in [3.05, 3.63) is 45.4 Å². The third-order valence-electron chi connectivity index (χ3n) is 3.12. The van der Waals surface area contributed by atoms with Crippen molar-refractivity contribution in [3.63, 3.8) is 0 Å². The van der Waals surface area contributed by atoms with Crippen LogP contribution in [-0.4, -0.2) is 22.0 Å². The Kier molecular flexibility index (Phi) is 3.95. The molecule has 20 heavy (non-hydrogen) atoms. The lowest BCUT2D eigenvalue weighted by atomic mass is 9.91. The average molecular weight is 319 g/mol. The summed E-state index contributed by atoms with van der Waals surface area (Å²) in [7, 11) is 3.10. The second kappa shape index (κ2) is 5.24. The third-order valence-corrected chi connectivity index (χ3v) is 3.72. The Morgan fingerprint density at radius 1 is 1.35 bits per heavy atom. The average Bonchev–Trinajstić information content (AvgIpc) is 2.75. The van der Waals surface area contributed by atoms with Gasteiger partial charge in [0.25, 0.3) is 0 Å². The molecule has 0 amide bonds. The largest absolute Gasteiger partial charge is 0.493 e. The van der Waals surface area contributed by atoms with Crippen molar-refractivity contribution < 1.29 is 14.2 Å². The number of aryl methyl sites for hydroxylation is 1. The van der Waals surface area contributed by atoms with Crippen molar-refractivity contribution >= 4 is 23.2 Å². The molecule has 0 aliphatic rings. The number of nitrogens with zero attached hydrogens (tertiary/aromatic N) is 2. The number of rotatable bonds is 3. The minimum Gasteiger partial charge on any atom is -0.493 e. The zero-order valence-electron chi connectivity index (χ0n) is 11.1. The molecule has 0 fully saturated rings. The summed E-state index contributed by atoms with van der Waals surface area (Å²) in [5.74, 6) is -0.281. The van der Waals surface area contributed by atoms with Crippen molar-refractivity contribution in [2.75, 3.05) is 7.11 Å². The summed E-state index contributed by atoms with van der Waals surface area (Å²) < 4.78 is 20.3. The number of hydrogen-bond acceptors (Lipinski definition) is 3. The molecule has 0 aliphatic carbocycles. The van der Waals surface area contributed by atoms with E-state index < -0.39 is 11.4 Å². The van der Waals surface area contributed by atoms with Crippen LogP contribution in [0.25, 0.3) is 0 Å². The molecule has 2 aromatic rings. The molecule has 1 heterocycles.